The lowest BCUT2D eigenvalue weighted by Crippen LogP contribution is -2.25. The van der Waals surface area contributed by atoms with E-state index in [1.165, 1.54) is 17.4 Å². The van der Waals surface area contributed by atoms with Gasteiger partial charge in [0, 0.05) is 20.3 Å². The summed E-state index contributed by atoms with van der Waals surface area (Å²) >= 11 is 0. The van der Waals surface area contributed by atoms with Gasteiger partial charge in [-0.3, -0.25) is 4.79 Å². The number of pyridine rings is 1. The van der Waals surface area contributed by atoms with E-state index >= 15 is 0 Å². The maximum absolute atomic E-state index is 13.3. The van der Waals surface area contributed by atoms with E-state index in [0.717, 1.165) is 12.1 Å². The van der Waals surface area contributed by atoms with Crippen molar-refractivity contribution in [1.29, 1.82) is 0 Å². The van der Waals surface area contributed by atoms with Crippen LogP contribution < -0.4 is 5.32 Å². The molecule has 27 heavy (non-hydrogen) atoms. The Hall–Kier alpha value is -3.17. The zero-order chi connectivity index (χ0) is 19.8. The van der Waals surface area contributed by atoms with Gasteiger partial charge < -0.3 is 14.8 Å². The summed E-state index contributed by atoms with van der Waals surface area (Å²) in [6.45, 7) is 0.0251. The highest BCUT2D eigenvalue weighted by molar-refractivity contribution is 5.89. The molecule has 0 aliphatic rings. The smallest absolute Gasteiger partial charge is 0.347 e. The van der Waals surface area contributed by atoms with Crippen molar-refractivity contribution < 1.29 is 22.4 Å². The van der Waals surface area contributed by atoms with E-state index in [4.69, 9.17) is 0 Å². The quantitative estimate of drug-likeness (QED) is 0.704. The van der Waals surface area contributed by atoms with Crippen LogP contribution >= 0.6 is 0 Å². The normalized spacial score (nSPS) is 11.6. The summed E-state index contributed by atoms with van der Waals surface area (Å²) in [5, 5.41) is 2.57. The van der Waals surface area contributed by atoms with E-state index < -0.39 is 17.6 Å². The van der Waals surface area contributed by atoms with Crippen molar-refractivity contribution >= 4 is 28.4 Å². The molecule has 1 amide bonds. The molecule has 0 unspecified atom stereocenters. The molecule has 3 aromatic rings. The number of carbonyl (C=O) groups excluding carboxylic acids is 1. The fraction of sp³-hybridized carbons (Fsp3) is 0.235. The third-order valence-electron chi connectivity index (χ3n) is 3.88. The van der Waals surface area contributed by atoms with Crippen LogP contribution in [0, 0.1) is 5.82 Å². The molecule has 0 fully saturated rings. The largest absolute Gasteiger partial charge is 0.418 e. The highest BCUT2D eigenvalue weighted by atomic mass is 19.4. The zero-order valence-electron chi connectivity index (χ0n) is 14.4. The third kappa shape index (κ3) is 3.83. The van der Waals surface area contributed by atoms with Gasteiger partial charge in [-0.1, -0.05) is 0 Å². The van der Waals surface area contributed by atoms with E-state index in [-0.39, 0.29) is 24.0 Å². The van der Waals surface area contributed by atoms with Crippen LogP contribution in [-0.2, 0) is 17.5 Å². The fourth-order valence-electron chi connectivity index (χ4n) is 2.48. The summed E-state index contributed by atoms with van der Waals surface area (Å²) in [7, 11) is 3.23. The van der Waals surface area contributed by atoms with Crippen LogP contribution in [0.4, 0.5) is 29.1 Å². The Labute approximate surface area is 151 Å². The Bertz CT molecular complexity index is 997. The number of fused-ring (bicyclic) bond motifs is 1. The summed E-state index contributed by atoms with van der Waals surface area (Å²) < 4.78 is 54.4. The van der Waals surface area contributed by atoms with Crippen molar-refractivity contribution in [2.75, 3.05) is 19.4 Å². The molecule has 0 bridgehead atoms. The number of likely N-dealkylation sites (N-methyl/N-ethyl adjacent to an activating group) is 1. The number of alkyl halides is 3. The average Bonchev–Trinajstić information content (AvgIpc) is 2.99. The number of halogens is 4. The summed E-state index contributed by atoms with van der Waals surface area (Å²) in [6.07, 6.45) is -1.94. The molecule has 2 heterocycles. The zero-order valence-corrected chi connectivity index (χ0v) is 14.4. The molecule has 0 spiro atoms. The molecule has 2 aromatic heterocycles. The first-order valence-electron chi connectivity index (χ1n) is 7.80. The maximum atomic E-state index is 13.3. The Morgan fingerprint density at radius 1 is 1.22 bits per heavy atom. The SMILES string of the molecule is CN(C)C(=O)Cn1cnc2c(Nc3ccc(F)cc3C(F)(F)F)nccc21. The fourth-order valence-corrected chi connectivity index (χ4v) is 2.48. The number of imidazole rings is 1. The number of hydrogen-bond donors (Lipinski definition) is 1. The van der Waals surface area contributed by atoms with E-state index in [0.29, 0.717) is 17.1 Å². The van der Waals surface area contributed by atoms with Crippen molar-refractivity contribution in [3.8, 4) is 0 Å². The van der Waals surface area contributed by atoms with Crippen LogP contribution in [0.15, 0.2) is 36.8 Å². The van der Waals surface area contributed by atoms with E-state index in [2.05, 4.69) is 15.3 Å². The van der Waals surface area contributed by atoms with E-state index in [1.54, 1.807) is 24.7 Å². The summed E-state index contributed by atoms with van der Waals surface area (Å²) in [5.74, 6) is -1.09. The Morgan fingerprint density at radius 3 is 2.63 bits per heavy atom. The molecular formula is C17H15F4N5O. The van der Waals surface area contributed by atoms with Crippen LogP contribution in [0.25, 0.3) is 11.0 Å². The number of amides is 1. The van der Waals surface area contributed by atoms with Crippen LogP contribution in [0.3, 0.4) is 0 Å². The lowest BCUT2D eigenvalue weighted by atomic mass is 10.1. The van der Waals surface area contributed by atoms with Crippen LogP contribution in [-0.4, -0.2) is 39.4 Å². The van der Waals surface area contributed by atoms with Crippen LogP contribution in [0.2, 0.25) is 0 Å². The molecule has 0 aliphatic carbocycles. The number of hydrogen-bond acceptors (Lipinski definition) is 4. The molecule has 1 N–H and O–H groups in total. The minimum atomic E-state index is -4.74. The van der Waals surface area contributed by atoms with Gasteiger partial charge in [0.2, 0.25) is 5.91 Å². The molecule has 0 saturated heterocycles. The summed E-state index contributed by atoms with van der Waals surface area (Å²) in [6, 6.07) is 3.93. The number of nitrogens with one attached hydrogen (secondary N) is 1. The van der Waals surface area contributed by atoms with Crippen molar-refractivity contribution in [1.82, 2.24) is 19.4 Å². The van der Waals surface area contributed by atoms with E-state index in [9.17, 15) is 22.4 Å². The minimum absolute atomic E-state index is 0.0251. The van der Waals surface area contributed by atoms with Crippen LogP contribution in [0.1, 0.15) is 5.56 Å². The first-order valence-corrected chi connectivity index (χ1v) is 7.80. The molecule has 0 aliphatic heterocycles. The lowest BCUT2D eigenvalue weighted by molar-refractivity contribution is -0.137. The molecule has 0 radical (unpaired) electrons. The van der Waals surface area contributed by atoms with E-state index in [1.807, 2.05) is 0 Å². The number of rotatable bonds is 4. The van der Waals surface area contributed by atoms with Gasteiger partial charge in [0.25, 0.3) is 0 Å². The van der Waals surface area contributed by atoms with Gasteiger partial charge in [-0.25, -0.2) is 14.4 Å². The monoisotopic (exact) mass is 381 g/mol. The van der Waals surface area contributed by atoms with Crippen molar-refractivity contribution in [2.45, 2.75) is 12.7 Å². The highest BCUT2D eigenvalue weighted by Gasteiger charge is 2.34. The molecule has 142 valence electrons. The second-order valence-electron chi connectivity index (χ2n) is 6.00. The van der Waals surface area contributed by atoms with Gasteiger partial charge in [-0.05, 0) is 24.3 Å². The number of anilines is 2. The van der Waals surface area contributed by atoms with Gasteiger partial charge in [-0.15, -0.1) is 0 Å². The second-order valence-corrected chi connectivity index (χ2v) is 6.00. The van der Waals surface area contributed by atoms with Crippen molar-refractivity contribution in [3.63, 3.8) is 0 Å². The molecule has 6 nitrogen and oxygen atoms in total. The number of nitrogens with zero attached hydrogens (tertiary/aromatic N) is 4. The number of carbonyl (C=O) groups is 1. The molecule has 3 rings (SSSR count). The average molecular weight is 381 g/mol. The van der Waals surface area contributed by atoms with Gasteiger partial charge in [0.1, 0.15) is 17.9 Å². The number of benzene rings is 1. The van der Waals surface area contributed by atoms with Crippen molar-refractivity contribution in [2.24, 2.45) is 0 Å². The van der Waals surface area contributed by atoms with Gasteiger partial charge in [0.05, 0.1) is 23.1 Å². The molecule has 0 saturated carbocycles. The first kappa shape index (κ1) is 18.6. The first-order chi connectivity index (χ1) is 12.7. The number of aromatic nitrogens is 3. The Kier molecular flexibility index (Phi) is 4.73. The highest BCUT2D eigenvalue weighted by Crippen LogP contribution is 2.37. The Morgan fingerprint density at radius 2 is 1.96 bits per heavy atom. The summed E-state index contributed by atoms with van der Waals surface area (Å²) in [4.78, 5) is 21.5. The van der Waals surface area contributed by atoms with Gasteiger partial charge >= 0.3 is 6.18 Å². The van der Waals surface area contributed by atoms with Crippen molar-refractivity contribution in [3.05, 3.63) is 48.2 Å². The standard InChI is InChI=1S/C17H15F4N5O/c1-25(2)14(27)8-26-9-23-15-13(26)5-6-22-16(15)24-12-4-3-10(18)7-11(12)17(19,20)21/h3-7,9H,8H2,1-2H3,(H,22,24). The topological polar surface area (TPSA) is 63.1 Å². The predicted molar refractivity (Wildman–Crippen MR) is 90.9 cm³/mol. The molecule has 0 atom stereocenters. The molecule has 1 aromatic carbocycles. The molecule has 10 heteroatoms. The third-order valence-corrected chi connectivity index (χ3v) is 3.88. The maximum Gasteiger partial charge on any atom is 0.418 e. The lowest BCUT2D eigenvalue weighted by Gasteiger charge is -2.14. The molecular weight excluding hydrogens is 366 g/mol. The van der Waals surface area contributed by atoms with Gasteiger partial charge in [-0.2, -0.15) is 13.2 Å². The predicted octanol–water partition coefficient (Wildman–Crippen LogP) is 3.42. The second kappa shape index (κ2) is 6.86. The Balaban J connectivity index is 2.00. The summed E-state index contributed by atoms with van der Waals surface area (Å²) in [5.41, 5.74) is -0.675. The minimum Gasteiger partial charge on any atom is -0.347 e. The van der Waals surface area contributed by atoms with Gasteiger partial charge in [0.15, 0.2) is 5.82 Å². The van der Waals surface area contributed by atoms with Crippen LogP contribution in [0.5, 0.6) is 0 Å².